The minimum Gasteiger partial charge on any atom is -0.354 e. The van der Waals surface area contributed by atoms with Crippen LogP contribution in [-0.2, 0) is 11.2 Å². The lowest BCUT2D eigenvalue weighted by molar-refractivity contribution is -0.121. The van der Waals surface area contributed by atoms with E-state index in [-0.39, 0.29) is 11.9 Å². The van der Waals surface area contributed by atoms with Gasteiger partial charge in [-0.05, 0) is 26.0 Å². The number of hydrogen-bond donors (Lipinski definition) is 1. The topological polar surface area (TPSA) is 68.0 Å². The number of halogens is 1. The Hall–Kier alpha value is -1.88. The van der Waals surface area contributed by atoms with Crippen LogP contribution in [0.25, 0.3) is 11.4 Å². The Labute approximate surface area is 122 Å². The van der Waals surface area contributed by atoms with Crippen molar-refractivity contribution in [3.05, 3.63) is 35.2 Å². The highest BCUT2D eigenvalue weighted by Gasteiger charge is 2.11. The number of hydrogen-bond acceptors (Lipinski definition) is 4. The monoisotopic (exact) mass is 293 g/mol. The van der Waals surface area contributed by atoms with Crippen LogP contribution in [0, 0.1) is 0 Å². The summed E-state index contributed by atoms with van der Waals surface area (Å²) >= 11 is 5.91. The lowest BCUT2D eigenvalue weighted by Crippen LogP contribution is -2.30. The second-order valence-electron chi connectivity index (χ2n) is 4.74. The maximum absolute atomic E-state index is 11.5. The summed E-state index contributed by atoms with van der Waals surface area (Å²) in [5.41, 5.74) is 0.791. The second-order valence-corrected chi connectivity index (χ2v) is 5.18. The van der Waals surface area contributed by atoms with Gasteiger partial charge in [0.25, 0.3) is 0 Å². The molecule has 0 atom stereocenters. The number of benzene rings is 1. The van der Waals surface area contributed by atoms with Crippen molar-refractivity contribution >= 4 is 17.5 Å². The first-order valence-corrected chi connectivity index (χ1v) is 6.80. The van der Waals surface area contributed by atoms with Gasteiger partial charge in [-0.15, -0.1) is 0 Å². The zero-order valence-electron chi connectivity index (χ0n) is 11.4. The Balaban J connectivity index is 1.97. The molecule has 0 bridgehead atoms. The summed E-state index contributed by atoms with van der Waals surface area (Å²) in [6.07, 6.45) is 0.751. The van der Waals surface area contributed by atoms with Crippen molar-refractivity contribution in [2.24, 2.45) is 0 Å². The predicted octanol–water partition coefficient (Wildman–Crippen LogP) is 2.85. The molecule has 0 unspecified atom stereocenters. The van der Waals surface area contributed by atoms with Crippen LogP contribution in [0.4, 0.5) is 0 Å². The van der Waals surface area contributed by atoms with Crippen LogP contribution in [0.15, 0.2) is 28.8 Å². The van der Waals surface area contributed by atoms with Gasteiger partial charge in [-0.1, -0.05) is 28.9 Å². The molecule has 1 N–H and O–H groups in total. The van der Waals surface area contributed by atoms with Crippen LogP contribution in [0.5, 0.6) is 0 Å². The van der Waals surface area contributed by atoms with E-state index in [0.717, 1.165) is 5.56 Å². The molecular formula is C14H16ClN3O2. The average Bonchev–Trinajstić information content (AvgIpc) is 2.84. The van der Waals surface area contributed by atoms with E-state index in [0.29, 0.717) is 29.6 Å². The van der Waals surface area contributed by atoms with Crippen molar-refractivity contribution in [2.45, 2.75) is 32.7 Å². The van der Waals surface area contributed by atoms with Crippen molar-refractivity contribution in [3.8, 4) is 11.4 Å². The molecule has 0 aliphatic heterocycles. The Morgan fingerprint density at radius 1 is 1.45 bits per heavy atom. The molecule has 20 heavy (non-hydrogen) atoms. The normalized spacial score (nSPS) is 10.8. The highest BCUT2D eigenvalue weighted by molar-refractivity contribution is 6.30. The minimum absolute atomic E-state index is 0.0255. The summed E-state index contributed by atoms with van der Waals surface area (Å²) in [4.78, 5) is 15.8. The predicted molar refractivity (Wildman–Crippen MR) is 76.3 cm³/mol. The molecule has 0 spiro atoms. The molecule has 0 saturated heterocycles. The molecule has 106 valence electrons. The Morgan fingerprint density at radius 2 is 2.25 bits per heavy atom. The number of aromatic nitrogens is 2. The highest BCUT2D eigenvalue weighted by atomic mass is 35.5. The van der Waals surface area contributed by atoms with Gasteiger partial charge in [-0.25, -0.2) is 0 Å². The molecule has 1 aromatic carbocycles. The van der Waals surface area contributed by atoms with Crippen LogP contribution in [-0.4, -0.2) is 22.1 Å². The van der Waals surface area contributed by atoms with E-state index in [1.165, 1.54) is 0 Å². The van der Waals surface area contributed by atoms with Crippen LogP contribution in [0.3, 0.4) is 0 Å². The lowest BCUT2D eigenvalue weighted by Gasteiger charge is -2.06. The summed E-state index contributed by atoms with van der Waals surface area (Å²) < 4.78 is 5.13. The summed E-state index contributed by atoms with van der Waals surface area (Å²) in [5.74, 6) is 0.896. The first kappa shape index (κ1) is 14.5. The summed E-state index contributed by atoms with van der Waals surface area (Å²) in [7, 11) is 0. The Morgan fingerprint density at radius 3 is 2.95 bits per heavy atom. The highest BCUT2D eigenvalue weighted by Crippen LogP contribution is 2.20. The molecule has 0 fully saturated rings. The molecule has 0 saturated carbocycles. The van der Waals surface area contributed by atoms with Crippen molar-refractivity contribution in [2.75, 3.05) is 0 Å². The molecule has 0 aliphatic rings. The third kappa shape index (κ3) is 4.06. The van der Waals surface area contributed by atoms with Gasteiger partial charge in [-0.3, -0.25) is 4.79 Å². The van der Waals surface area contributed by atoms with E-state index in [9.17, 15) is 4.79 Å². The number of nitrogens with one attached hydrogen (secondary N) is 1. The summed E-state index contributed by atoms with van der Waals surface area (Å²) in [6.45, 7) is 3.84. The van der Waals surface area contributed by atoms with Gasteiger partial charge in [-0.2, -0.15) is 4.98 Å². The smallest absolute Gasteiger partial charge is 0.227 e. The number of nitrogens with zero attached hydrogens (tertiary/aromatic N) is 2. The molecule has 0 aliphatic carbocycles. The molecule has 6 heteroatoms. The van der Waals surface area contributed by atoms with E-state index < -0.39 is 0 Å². The van der Waals surface area contributed by atoms with Gasteiger partial charge in [0.2, 0.25) is 17.6 Å². The maximum atomic E-state index is 11.5. The number of aryl methyl sites for hydroxylation is 1. The van der Waals surface area contributed by atoms with E-state index >= 15 is 0 Å². The number of carbonyl (C=O) groups excluding carboxylic acids is 1. The maximum Gasteiger partial charge on any atom is 0.227 e. The van der Waals surface area contributed by atoms with E-state index in [2.05, 4.69) is 15.5 Å². The van der Waals surface area contributed by atoms with Gasteiger partial charge in [0.1, 0.15) is 0 Å². The molecule has 1 aromatic heterocycles. The van der Waals surface area contributed by atoms with Gasteiger partial charge in [0.15, 0.2) is 0 Å². The molecule has 0 radical (unpaired) electrons. The Kier molecular flexibility index (Phi) is 4.74. The number of amides is 1. The van der Waals surface area contributed by atoms with Crippen LogP contribution < -0.4 is 5.32 Å². The largest absolute Gasteiger partial charge is 0.354 e. The van der Waals surface area contributed by atoms with Crippen LogP contribution in [0.2, 0.25) is 5.02 Å². The lowest BCUT2D eigenvalue weighted by atomic mass is 10.2. The SMILES string of the molecule is CC(C)NC(=O)CCc1nc(-c2cccc(Cl)c2)no1. The van der Waals surface area contributed by atoms with E-state index in [4.69, 9.17) is 16.1 Å². The zero-order valence-corrected chi connectivity index (χ0v) is 12.1. The molecule has 1 heterocycles. The second kappa shape index (κ2) is 6.52. The molecule has 2 aromatic rings. The van der Waals surface area contributed by atoms with Crippen molar-refractivity contribution < 1.29 is 9.32 Å². The third-order valence-corrected chi connectivity index (χ3v) is 2.80. The average molecular weight is 294 g/mol. The summed E-state index contributed by atoms with van der Waals surface area (Å²) in [6, 6.07) is 7.35. The first-order valence-electron chi connectivity index (χ1n) is 6.42. The quantitative estimate of drug-likeness (QED) is 0.920. The van der Waals surface area contributed by atoms with E-state index in [1.807, 2.05) is 26.0 Å². The zero-order chi connectivity index (χ0) is 14.5. The fourth-order valence-corrected chi connectivity index (χ4v) is 1.91. The fourth-order valence-electron chi connectivity index (χ4n) is 1.72. The molecular weight excluding hydrogens is 278 g/mol. The van der Waals surface area contributed by atoms with Crippen molar-refractivity contribution in [1.82, 2.24) is 15.5 Å². The molecule has 5 nitrogen and oxygen atoms in total. The molecule has 1 amide bonds. The van der Waals surface area contributed by atoms with Crippen LogP contribution >= 0.6 is 11.6 Å². The van der Waals surface area contributed by atoms with Gasteiger partial charge < -0.3 is 9.84 Å². The summed E-state index contributed by atoms with van der Waals surface area (Å²) in [5, 5.41) is 7.32. The van der Waals surface area contributed by atoms with Gasteiger partial charge >= 0.3 is 0 Å². The minimum atomic E-state index is -0.0255. The Bertz CT molecular complexity index is 596. The van der Waals surface area contributed by atoms with E-state index in [1.54, 1.807) is 12.1 Å². The number of rotatable bonds is 5. The molecule has 2 rings (SSSR count). The fraction of sp³-hybridized carbons (Fsp3) is 0.357. The van der Waals surface area contributed by atoms with Crippen LogP contribution in [0.1, 0.15) is 26.2 Å². The van der Waals surface area contributed by atoms with Gasteiger partial charge in [0, 0.05) is 29.5 Å². The van der Waals surface area contributed by atoms with Crippen molar-refractivity contribution in [1.29, 1.82) is 0 Å². The standard InChI is InChI=1S/C14H16ClN3O2/c1-9(2)16-12(19)6-7-13-17-14(18-20-13)10-4-3-5-11(15)8-10/h3-5,8-9H,6-7H2,1-2H3,(H,16,19). The first-order chi connectivity index (χ1) is 9.54. The van der Waals surface area contributed by atoms with Gasteiger partial charge in [0.05, 0.1) is 0 Å². The van der Waals surface area contributed by atoms with Crippen molar-refractivity contribution in [3.63, 3.8) is 0 Å². The number of carbonyl (C=O) groups is 1. The third-order valence-electron chi connectivity index (χ3n) is 2.57.